The van der Waals surface area contributed by atoms with Gasteiger partial charge in [-0.1, -0.05) is 48.1 Å². The summed E-state index contributed by atoms with van der Waals surface area (Å²) in [6.45, 7) is 2.57. The maximum absolute atomic E-state index is 10.8. The Balaban J connectivity index is 3.54. The van der Waals surface area contributed by atoms with Crippen molar-refractivity contribution in [3.05, 3.63) is 0 Å². The molecule has 0 aliphatic carbocycles. The molecule has 0 aliphatic rings. The van der Waals surface area contributed by atoms with Gasteiger partial charge in [-0.3, -0.25) is 4.79 Å². The van der Waals surface area contributed by atoms with Gasteiger partial charge in [-0.15, -0.1) is 0 Å². The Hall–Kier alpha value is 0.340. The highest BCUT2D eigenvalue weighted by atomic mass is 35.6. The number of nitrogens with one attached hydrogen (secondary N) is 1. The van der Waals surface area contributed by atoms with Crippen LogP contribution in [0.15, 0.2) is 0 Å². The van der Waals surface area contributed by atoms with Crippen LogP contribution in [0.1, 0.15) is 19.8 Å². The van der Waals surface area contributed by atoms with Crippen molar-refractivity contribution in [2.45, 2.75) is 23.6 Å². The fourth-order valence-electron chi connectivity index (χ4n) is 0.479. The first kappa shape index (κ1) is 11.3. The summed E-state index contributed by atoms with van der Waals surface area (Å²) in [6.07, 6.45) is 1.90. The van der Waals surface area contributed by atoms with Gasteiger partial charge < -0.3 is 5.32 Å². The predicted molar refractivity (Wildman–Crippen MR) is 48.2 cm³/mol. The van der Waals surface area contributed by atoms with Gasteiger partial charge in [-0.05, 0) is 6.42 Å². The maximum Gasteiger partial charge on any atom is 0.272 e. The van der Waals surface area contributed by atoms with Crippen LogP contribution in [0.3, 0.4) is 0 Å². The highest BCUT2D eigenvalue weighted by Gasteiger charge is 2.29. The molecule has 1 N–H and O–H groups in total. The van der Waals surface area contributed by atoms with Crippen molar-refractivity contribution < 1.29 is 4.79 Å². The Labute approximate surface area is 81.2 Å². The van der Waals surface area contributed by atoms with Crippen LogP contribution < -0.4 is 5.32 Å². The predicted octanol–water partition coefficient (Wildman–Crippen LogP) is 2.27. The van der Waals surface area contributed by atoms with Gasteiger partial charge in [-0.25, -0.2) is 0 Å². The van der Waals surface area contributed by atoms with Crippen LogP contribution >= 0.6 is 34.8 Å². The standard InChI is InChI=1S/C6H10Cl3NO/c1-2-3-4-10-5(11)6(7,8)9/h2-4H2,1H3,(H,10,11). The molecule has 0 aliphatic heterocycles. The first-order valence-corrected chi connectivity index (χ1v) is 4.47. The zero-order chi connectivity index (χ0) is 8.91. The second-order valence-corrected chi connectivity index (χ2v) is 4.39. The van der Waals surface area contributed by atoms with Crippen LogP contribution in [0.2, 0.25) is 0 Å². The van der Waals surface area contributed by atoms with E-state index in [9.17, 15) is 4.79 Å². The number of alkyl halides is 3. The Morgan fingerprint density at radius 2 is 2.00 bits per heavy atom. The van der Waals surface area contributed by atoms with Gasteiger partial charge in [0.2, 0.25) is 0 Å². The second-order valence-electron chi connectivity index (χ2n) is 2.11. The summed E-state index contributed by atoms with van der Waals surface area (Å²) in [4.78, 5) is 10.8. The molecule has 0 unspecified atom stereocenters. The van der Waals surface area contributed by atoms with Crippen LogP contribution in [-0.4, -0.2) is 16.2 Å². The van der Waals surface area contributed by atoms with Crippen LogP contribution in [0.4, 0.5) is 0 Å². The molecule has 11 heavy (non-hydrogen) atoms. The molecule has 2 nitrogen and oxygen atoms in total. The zero-order valence-corrected chi connectivity index (χ0v) is 8.43. The number of carbonyl (C=O) groups excluding carboxylic acids is 1. The Morgan fingerprint density at radius 3 is 2.36 bits per heavy atom. The molecule has 0 saturated carbocycles. The Bertz CT molecular complexity index is 132. The Kier molecular flexibility index (Phi) is 5.23. The quantitative estimate of drug-likeness (QED) is 0.571. The molecule has 0 heterocycles. The van der Waals surface area contributed by atoms with Crippen molar-refractivity contribution in [3.63, 3.8) is 0 Å². The normalized spacial score (nSPS) is 11.3. The van der Waals surface area contributed by atoms with Gasteiger partial charge in [0.25, 0.3) is 9.70 Å². The summed E-state index contributed by atoms with van der Waals surface area (Å²) in [7, 11) is 0. The molecule has 66 valence electrons. The summed E-state index contributed by atoms with van der Waals surface area (Å²) < 4.78 is -1.83. The first-order valence-electron chi connectivity index (χ1n) is 3.33. The SMILES string of the molecule is CCCCNC(=O)C(Cl)(Cl)Cl. The lowest BCUT2D eigenvalue weighted by molar-refractivity contribution is -0.120. The monoisotopic (exact) mass is 217 g/mol. The minimum Gasteiger partial charge on any atom is -0.352 e. The van der Waals surface area contributed by atoms with Gasteiger partial charge in [0.1, 0.15) is 0 Å². The van der Waals surface area contributed by atoms with Gasteiger partial charge >= 0.3 is 0 Å². The lowest BCUT2D eigenvalue weighted by Crippen LogP contribution is -2.34. The molecule has 0 fully saturated rings. The number of hydrogen-bond acceptors (Lipinski definition) is 1. The third kappa shape index (κ3) is 5.59. The number of rotatable bonds is 3. The fraction of sp³-hybridized carbons (Fsp3) is 0.833. The fourth-order valence-corrected chi connectivity index (χ4v) is 0.679. The van der Waals surface area contributed by atoms with Crippen LogP contribution in [-0.2, 0) is 4.79 Å². The molecule has 1 amide bonds. The average molecular weight is 219 g/mol. The Morgan fingerprint density at radius 1 is 1.45 bits per heavy atom. The summed E-state index contributed by atoms with van der Waals surface area (Å²) in [6, 6.07) is 0. The highest BCUT2D eigenvalue weighted by molar-refractivity contribution is 6.76. The summed E-state index contributed by atoms with van der Waals surface area (Å²) in [5, 5.41) is 2.49. The van der Waals surface area contributed by atoms with Crippen molar-refractivity contribution in [2.24, 2.45) is 0 Å². The molecular formula is C6H10Cl3NO. The second kappa shape index (κ2) is 5.07. The van der Waals surface area contributed by atoms with E-state index in [-0.39, 0.29) is 0 Å². The smallest absolute Gasteiger partial charge is 0.272 e. The molecular weight excluding hydrogens is 208 g/mol. The zero-order valence-electron chi connectivity index (χ0n) is 6.16. The van der Waals surface area contributed by atoms with Gasteiger partial charge in [0.05, 0.1) is 0 Å². The van der Waals surface area contributed by atoms with Crippen molar-refractivity contribution in [1.29, 1.82) is 0 Å². The lowest BCUT2D eigenvalue weighted by Gasteiger charge is -2.10. The van der Waals surface area contributed by atoms with Crippen LogP contribution in [0.25, 0.3) is 0 Å². The molecule has 0 bridgehead atoms. The van der Waals surface area contributed by atoms with Gasteiger partial charge in [0, 0.05) is 6.54 Å². The summed E-state index contributed by atoms with van der Waals surface area (Å²) in [5.41, 5.74) is 0. The molecule has 0 radical (unpaired) electrons. The first-order chi connectivity index (χ1) is 4.98. The van der Waals surface area contributed by atoms with E-state index in [1.807, 2.05) is 6.92 Å². The molecule has 0 saturated heterocycles. The number of carbonyl (C=O) groups is 1. The topological polar surface area (TPSA) is 29.1 Å². The molecule has 0 aromatic rings. The van der Waals surface area contributed by atoms with Crippen molar-refractivity contribution in [2.75, 3.05) is 6.54 Å². The van der Waals surface area contributed by atoms with Gasteiger partial charge in [-0.2, -0.15) is 0 Å². The largest absolute Gasteiger partial charge is 0.352 e. The number of halogens is 3. The summed E-state index contributed by atoms with van der Waals surface area (Å²) >= 11 is 15.8. The minimum atomic E-state index is -1.83. The number of hydrogen-bond donors (Lipinski definition) is 1. The van der Waals surface area contributed by atoms with E-state index in [1.54, 1.807) is 0 Å². The minimum absolute atomic E-state index is 0.559. The van der Waals surface area contributed by atoms with E-state index in [0.717, 1.165) is 12.8 Å². The third-order valence-electron chi connectivity index (χ3n) is 1.07. The van der Waals surface area contributed by atoms with E-state index in [4.69, 9.17) is 34.8 Å². The number of amides is 1. The van der Waals surface area contributed by atoms with Crippen LogP contribution in [0.5, 0.6) is 0 Å². The molecule has 5 heteroatoms. The molecule has 0 rings (SSSR count). The average Bonchev–Trinajstić information content (AvgIpc) is 1.86. The maximum atomic E-state index is 10.8. The van der Waals surface area contributed by atoms with Crippen LogP contribution in [0, 0.1) is 0 Å². The van der Waals surface area contributed by atoms with Crippen molar-refractivity contribution >= 4 is 40.7 Å². The van der Waals surface area contributed by atoms with Crippen molar-refractivity contribution in [1.82, 2.24) is 5.32 Å². The van der Waals surface area contributed by atoms with E-state index < -0.39 is 9.70 Å². The van der Waals surface area contributed by atoms with E-state index in [1.165, 1.54) is 0 Å². The highest BCUT2D eigenvalue weighted by Crippen LogP contribution is 2.25. The van der Waals surface area contributed by atoms with Crippen molar-refractivity contribution in [3.8, 4) is 0 Å². The third-order valence-corrected chi connectivity index (χ3v) is 1.59. The number of unbranched alkanes of at least 4 members (excludes halogenated alkanes) is 1. The van der Waals surface area contributed by atoms with E-state index >= 15 is 0 Å². The molecule has 0 spiro atoms. The van der Waals surface area contributed by atoms with E-state index in [0.29, 0.717) is 6.54 Å². The molecule has 0 aromatic heterocycles. The van der Waals surface area contributed by atoms with Gasteiger partial charge in [0.15, 0.2) is 0 Å². The summed E-state index contributed by atoms with van der Waals surface area (Å²) in [5.74, 6) is -0.559. The molecule has 0 aromatic carbocycles. The van der Waals surface area contributed by atoms with E-state index in [2.05, 4.69) is 5.32 Å². The lowest BCUT2D eigenvalue weighted by atomic mass is 10.3. The molecule has 0 atom stereocenters.